The zero-order valence-electron chi connectivity index (χ0n) is 50.1. The summed E-state index contributed by atoms with van der Waals surface area (Å²) in [6.07, 6.45) is -17.8. The number of halogens is 12. The van der Waals surface area contributed by atoms with Crippen LogP contribution in [0.5, 0.6) is 11.5 Å². The Morgan fingerprint density at radius 1 is 0.737 bits per heavy atom. The van der Waals surface area contributed by atoms with Crippen molar-refractivity contribution in [3.8, 4) is 40.1 Å². The number of nitrogens with zero attached hydrogens (tertiary/aromatic N) is 4. The van der Waals surface area contributed by atoms with E-state index in [0.717, 1.165) is 23.5 Å². The molecule has 0 radical (unpaired) electrons. The number of carboxylic acid groups (broad SMARTS) is 4. The molecule has 0 aliphatic carbocycles. The van der Waals surface area contributed by atoms with E-state index in [1.807, 2.05) is 41.1 Å². The van der Waals surface area contributed by atoms with Gasteiger partial charge in [-0.3, -0.25) is 24.0 Å². The summed E-state index contributed by atoms with van der Waals surface area (Å²) in [6, 6.07) is 15.0. The molecule has 40 heteroatoms. The van der Waals surface area contributed by atoms with Crippen molar-refractivity contribution in [3.05, 3.63) is 94.8 Å². The van der Waals surface area contributed by atoms with Gasteiger partial charge in [0.1, 0.15) is 55.4 Å². The van der Waals surface area contributed by atoms with Gasteiger partial charge in [-0.15, -0.1) is 0 Å². The molecule has 5 rings (SSSR count). The normalized spacial score (nSPS) is 14.8. The van der Waals surface area contributed by atoms with Crippen LogP contribution in [0.1, 0.15) is 65.5 Å². The summed E-state index contributed by atoms with van der Waals surface area (Å²) in [7, 11) is 5.06. The van der Waals surface area contributed by atoms with E-state index >= 15 is 0 Å². The fourth-order valence-electron chi connectivity index (χ4n) is 7.20. The minimum Gasteiger partial charge on any atom is -0.492 e. The summed E-state index contributed by atoms with van der Waals surface area (Å²) in [5, 5.41) is 48.4. The predicted molar refractivity (Wildman–Crippen MR) is 314 cm³/mol. The van der Waals surface area contributed by atoms with Crippen molar-refractivity contribution in [2.75, 3.05) is 52.2 Å². The third-order valence-corrected chi connectivity index (χ3v) is 14.2. The smallest absolute Gasteiger partial charge is 0.490 e. The summed E-state index contributed by atoms with van der Waals surface area (Å²) >= 11 is 0. The maximum atomic E-state index is 14.7. The van der Waals surface area contributed by atoms with E-state index in [-0.39, 0.29) is 57.8 Å². The number of aryl methyl sites for hydroxylation is 1. The lowest BCUT2D eigenvalue weighted by Gasteiger charge is -2.32. The van der Waals surface area contributed by atoms with Crippen molar-refractivity contribution in [2.45, 2.75) is 94.7 Å². The van der Waals surface area contributed by atoms with E-state index in [0.29, 0.717) is 45.3 Å². The van der Waals surface area contributed by atoms with Gasteiger partial charge in [-0.05, 0) is 74.2 Å². The van der Waals surface area contributed by atoms with Crippen LogP contribution in [-0.4, -0.2) is 184 Å². The lowest BCUT2D eigenvalue weighted by atomic mass is 9.93. The van der Waals surface area contributed by atoms with Gasteiger partial charge in [-0.25, -0.2) is 29.1 Å². The molecular formula is C55H63F12N11O15S2. The molecule has 0 fully saturated rings. The van der Waals surface area contributed by atoms with Crippen LogP contribution in [0.3, 0.4) is 0 Å². The molecule has 1 aliphatic rings. The van der Waals surface area contributed by atoms with E-state index in [9.17, 15) is 76.7 Å². The number of aromatic nitrogens is 2. The van der Waals surface area contributed by atoms with Crippen LogP contribution in [0.4, 0.5) is 52.7 Å². The van der Waals surface area contributed by atoms with Crippen molar-refractivity contribution in [2.24, 2.45) is 17.2 Å². The first-order chi connectivity index (χ1) is 44.1. The van der Waals surface area contributed by atoms with Gasteiger partial charge in [0.05, 0.1) is 17.3 Å². The molecule has 4 aromatic rings. The number of likely N-dealkylation sites (N-methyl/N-ethyl adjacent to an activating group) is 1. The van der Waals surface area contributed by atoms with Crippen molar-refractivity contribution >= 4 is 75.0 Å². The number of amides is 5. The Labute approximate surface area is 539 Å². The number of hydrogen-bond donors (Lipinski definition) is 11. The highest BCUT2D eigenvalue weighted by Crippen LogP contribution is 2.40. The Hall–Kier alpha value is -9.20. The van der Waals surface area contributed by atoms with Crippen LogP contribution < -0.4 is 47.9 Å². The number of ether oxygens (including phenoxy) is 2. The number of benzene rings is 3. The quantitative estimate of drug-likeness (QED) is 0.0227. The molecule has 3 aromatic carbocycles. The maximum Gasteiger partial charge on any atom is 0.490 e. The Kier molecular flexibility index (Phi) is 34.8. The standard InChI is InChI=1S/C47H59N11O7S2.4C2HF3O2/c1-5-22-66-67-27-30-6-9-32(10-7-30)42-53-26-36(28(2)54-42)44(60)56-37(14-15-48)47(63)58(4)41-33-11-13-40(65-21-18-51)35(25-33)34-23-31(8-12-39(34)64-20-17-50)24-38(45(61)52-19-16-49)57-43(59)29(3)55-46(41)62;4*3-2(4,5)1(6)7/h6-13,23,25-26,29,37-38,41H,5,14-15,17-22,24,27,48,50-51H2,1-4H3,(H,52,61)(H,55,62)(H,56,60)(H,57,59);4*(H,6,7)/t29-,37-,38-,41-;;;;/m0..../s1. The molecule has 0 spiro atoms. The van der Waals surface area contributed by atoms with Crippen molar-refractivity contribution in [1.29, 1.82) is 5.26 Å². The van der Waals surface area contributed by atoms with E-state index < -0.39 is 102 Å². The largest absolute Gasteiger partial charge is 0.492 e. The van der Waals surface area contributed by atoms with Crippen LogP contribution in [-0.2, 0) is 50.5 Å². The topological polar surface area (TPSA) is 432 Å². The Bertz CT molecular complexity index is 3210. The van der Waals surface area contributed by atoms with Crippen molar-refractivity contribution < 1.29 is 126 Å². The number of nitrogens with one attached hydrogen (secondary N) is 4. The first-order valence-corrected chi connectivity index (χ1v) is 29.4. The van der Waals surface area contributed by atoms with Crippen LogP contribution in [0.2, 0.25) is 0 Å². The summed E-state index contributed by atoms with van der Waals surface area (Å²) < 4.78 is 139. The van der Waals surface area contributed by atoms with Gasteiger partial charge >= 0.3 is 48.6 Å². The first-order valence-electron chi connectivity index (χ1n) is 26.9. The first kappa shape index (κ1) is 83.8. The summed E-state index contributed by atoms with van der Waals surface area (Å²) in [5.74, 6) is -11.2. The Balaban J connectivity index is 0.00000133. The number of rotatable bonds is 20. The molecule has 14 N–H and O–H groups in total. The highest BCUT2D eigenvalue weighted by molar-refractivity contribution is 8.76. The number of fused-ring (bicyclic) bond motifs is 5. The van der Waals surface area contributed by atoms with Gasteiger partial charge in [-0.2, -0.15) is 57.9 Å². The number of carbonyl (C=O) groups excluding carboxylic acids is 5. The average molecular weight is 1410 g/mol. The van der Waals surface area contributed by atoms with Crippen LogP contribution >= 0.6 is 21.6 Å². The van der Waals surface area contributed by atoms with E-state index in [2.05, 4.69) is 38.2 Å². The zero-order chi connectivity index (χ0) is 72.8. The molecule has 4 bridgehead atoms. The number of carboxylic acids is 4. The molecule has 5 amide bonds. The van der Waals surface area contributed by atoms with Crippen LogP contribution in [0.15, 0.2) is 66.9 Å². The molecule has 0 saturated carbocycles. The fourth-order valence-corrected chi connectivity index (χ4v) is 9.40. The third-order valence-electron chi connectivity index (χ3n) is 11.6. The lowest BCUT2D eigenvalue weighted by Crippen LogP contribution is -2.56. The Morgan fingerprint density at radius 3 is 1.68 bits per heavy atom. The molecule has 4 atom stereocenters. The van der Waals surface area contributed by atoms with Gasteiger partial charge in [0.25, 0.3) is 5.91 Å². The van der Waals surface area contributed by atoms with E-state index in [4.69, 9.17) is 71.5 Å². The van der Waals surface area contributed by atoms with Gasteiger partial charge in [0.2, 0.25) is 23.6 Å². The summed E-state index contributed by atoms with van der Waals surface area (Å²) in [4.78, 5) is 116. The molecule has 26 nitrogen and oxygen atoms in total. The van der Waals surface area contributed by atoms with Crippen molar-refractivity contribution in [1.82, 2.24) is 36.1 Å². The third kappa shape index (κ3) is 29.3. The van der Waals surface area contributed by atoms with Gasteiger partial charge < -0.3 is 73.3 Å². The van der Waals surface area contributed by atoms with Crippen LogP contribution in [0.25, 0.3) is 22.5 Å². The zero-order valence-corrected chi connectivity index (χ0v) is 51.7. The van der Waals surface area contributed by atoms with Gasteiger partial charge in [0, 0.05) is 61.0 Å². The predicted octanol–water partition coefficient (Wildman–Crippen LogP) is 5.45. The molecule has 524 valence electrons. The molecule has 1 aliphatic heterocycles. The minimum atomic E-state index is -5.08. The Morgan fingerprint density at radius 2 is 1.23 bits per heavy atom. The number of nitrogens with two attached hydrogens (primary N) is 3. The van der Waals surface area contributed by atoms with Crippen molar-refractivity contribution in [3.63, 3.8) is 0 Å². The van der Waals surface area contributed by atoms with Crippen LogP contribution in [0, 0.1) is 18.3 Å². The number of hydrogen-bond acceptors (Lipinski definition) is 19. The number of aliphatic carboxylic acids is 4. The number of alkyl halides is 12. The SMILES string of the molecule is CCCSSCc1ccc(-c2ncc(C(=O)N[C@@H](CCN)C(=O)N(C)[C@@H]3C(=O)N[C@@H](C)C(=O)N[C@H](C(=O)NCC#N)Cc4ccc(OCCN)c(c4)-c4cc3ccc4OCCN)c(C)n2)cc1.O=C(O)C(F)(F)F.O=C(O)C(F)(F)F.O=C(O)C(F)(F)F.O=C(O)C(F)(F)F. The minimum absolute atomic E-state index is 0.00115. The highest BCUT2D eigenvalue weighted by Gasteiger charge is 2.41. The molecule has 2 heterocycles. The monoisotopic (exact) mass is 1410 g/mol. The lowest BCUT2D eigenvalue weighted by molar-refractivity contribution is -0.193. The fraction of sp³-hybridized carbons (Fsp3) is 0.418. The number of nitriles is 1. The second-order valence-electron chi connectivity index (χ2n) is 18.9. The summed E-state index contributed by atoms with van der Waals surface area (Å²) in [5.41, 5.74) is 22.0. The molecular weight excluding hydrogens is 1350 g/mol. The second kappa shape index (κ2) is 39.5. The van der Waals surface area contributed by atoms with Gasteiger partial charge in [-0.1, -0.05) is 64.9 Å². The molecule has 0 unspecified atom stereocenters. The molecule has 1 aromatic heterocycles. The molecule has 95 heavy (non-hydrogen) atoms. The highest BCUT2D eigenvalue weighted by atomic mass is 33.1. The second-order valence-corrected chi connectivity index (χ2v) is 21.5. The van der Waals surface area contributed by atoms with Gasteiger partial charge in [0.15, 0.2) is 5.82 Å². The number of carbonyl (C=O) groups is 9. The van der Waals surface area contributed by atoms with E-state index in [1.54, 1.807) is 54.1 Å². The van der Waals surface area contributed by atoms with E-state index in [1.165, 1.54) is 30.6 Å². The maximum absolute atomic E-state index is 14.7. The molecule has 0 saturated heterocycles. The average Bonchev–Trinajstić information content (AvgIpc) is 0.785. The summed E-state index contributed by atoms with van der Waals surface area (Å²) in [6.45, 7) is 5.64.